The maximum absolute atomic E-state index is 13.6. The highest BCUT2D eigenvalue weighted by Crippen LogP contribution is 2.16. The molecule has 2 aromatic rings. The van der Waals surface area contributed by atoms with Gasteiger partial charge in [0.15, 0.2) is 0 Å². The Morgan fingerprint density at radius 2 is 2.00 bits per heavy atom. The van der Waals surface area contributed by atoms with Crippen molar-refractivity contribution < 1.29 is 4.39 Å². The summed E-state index contributed by atoms with van der Waals surface area (Å²) in [4.78, 5) is 14.0. The molecule has 0 amide bonds. The molecule has 2 rings (SSSR count). The molecule has 0 bridgehead atoms. The normalized spacial score (nSPS) is 10.4. The Kier molecular flexibility index (Phi) is 4.68. The number of halogens is 2. The van der Waals surface area contributed by atoms with Crippen molar-refractivity contribution in [3.8, 4) is 0 Å². The first-order valence-corrected chi connectivity index (χ1v) is 6.58. The Morgan fingerprint density at radius 1 is 1.25 bits per heavy atom. The molecule has 0 saturated heterocycles. The Morgan fingerprint density at radius 3 is 2.70 bits per heavy atom. The molecule has 20 heavy (non-hydrogen) atoms. The Labute approximate surface area is 121 Å². The largest absolute Gasteiger partial charge is 0.354 e. The summed E-state index contributed by atoms with van der Waals surface area (Å²) in [5.74, 6) is 0.540. The van der Waals surface area contributed by atoms with E-state index in [1.165, 1.54) is 6.07 Å². The fraction of sp³-hybridized carbons (Fsp3) is 0.308. The zero-order chi connectivity index (χ0) is 14.5. The molecule has 0 aliphatic rings. The molecule has 0 radical (unpaired) electrons. The van der Waals surface area contributed by atoms with Gasteiger partial charge in [0.05, 0.1) is 0 Å². The van der Waals surface area contributed by atoms with Gasteiger partial charge in [-0.2, -0.15) is 15.0 Å². The van der Waals surface area contributed by atoms with E-state index in [9.17, 15) is 4.39 Å². The van der Waals surface area contributed by atoms with E-state index in [1.54, 1.807) is 30.1 Å². The molecular weight excluding hydrogens is 281 g/mol. The number of hydrogen-bond acceptors (Lipinski definition) is 5. The quantitative estimate of drug-likeness (QED) is 0.919. The number of benzene rings is 1. The zero-order valence-electron chi connectivity index (χ0n) is 11.3. The summed E-state index contributed by atoms with van der Waals surface area (Å²) < 4.78 is 13.6. The van der Waals surface area contributed by atoms with Crippen LogP contribution in [0.25, 0.3) is 0 Å². The van der Waals surface area contributed by atoms with Gasteiger partial charge in [-0.05, 0) is 24.6 Å². The van der Waals surface area contributed by atoms with Gasteiger partial charge in [0.2, 0.25) is 17.2 Å². The second kappa shape index (κ2) is 6.47. The van der Waals surface area contributed by atoms with Crippen LogP contribution in [0, 0.1) is 5.82 Å². The van der Waals surface area contributed by atoms with Crippen molar-refractivity contribution in [1.82, 2.24) is 15.0 Å². The molecule has 0 aliphatic carbocycles. The topological polar surface area (TPSA) is 53.9 Å². The summed E-state index contributed by atoms with van der Waals surface area (Å²) in [5, 5.41) is 3.07. The van der Waals surface area contributed by atoms with Crippen molar-refractivity contribution in [2.75, 3.05) is 23.8 Å². The van der Waals surface area contributed by atoms with E-state index in [0.29, 0.717) is 30.5 Å². The maximum Gasteiger partial charge on any atom is 0.231 e. The van der Waals surface area contributed by atoms with Crippen LogP contribution in [0.3, 0.4) is 0 Å². The van der Waals surface area contributed by atoms with Crippen LogP contribution in [-0.4, -0.2) is 28.5 Å². The molecule has 106 valence electrons. The summed E-state index contributed by atoms with van der Waals surface area (Å²) in [5.41, 5.74) is 0.566. The van der Waals surface area contributed by atoms with Crippen LogP contribution >= 0.6 is 11.6 Å². The van der Waals surface area contributed by atoms with Gasteiger partial charge in [0.1, 0.15) is 5.82 Å². The monoisotopic (exact) mass is 295 g/mol. The number of aromatic nitrogens is 3. The van der Waals surface area contributed by atoms with Crippen LogP contribution in [0.5, 0.6) is 0 Å². The number of nitrogens with one attached hydrogen (secondary N) is 1. The average Bonchev–Trinajstić information content (AvgIpc) is 2.41. The number of hydrogen-bond donors (Lipinski definition) is 1. The molecule has 7 heteroatoms. The summed E-state index contributed by atoms with van der Waals surface area (Å²) in [7, 11) is 1.77. The van der Waals surface area contributed by atoms with E-state index in [1.807, 2.05) is 6.92 Å². The first-order valence-electron chi connectivity index (χ1n) is 6.20. The number of rotatable bonds is 5. The Balaban J connectivity index is 2.20. The minimum atomic E-state index is -0.258. The lowest BCUT2D eigenvalue weighted by Crippen LogP contribution is -2.21. The molecule has 1 N–H and O–H groups in total. The lowest BCUT2D eigenvalue weighted by Gasteiger charge is -2.18. The second-order valence-corrected chi connectivity index (χ2v) is 4.54. The van der Waals surface area contributed by atoms with Gasteiger partial charge in [-0.15, -0.1) is 0 Å². The third kappa shape index (κ3) is 3.54. The van der Waals surface area contributed by atoms with E-state index in [0.717, 1.165) is 0 Å². The van der Waals surface area contributed by atoms with Crippen molar-refractivity contribution in [2.24, 2.45) is 0 Å². The van der Waals surface area contributed by atoms with Crippen molar-refractivity contribution in [1.29, 1.82) is 0 Å². The summed E-state index contributed by atoms with van der Waals surface area (Å²) in [6.07, 6.45) is 0. The van der Waals surface area contributed by atoms with Gasteiger partial charge in [0, 0.05) is 25.7 Å². The lowest BCUT2D eigenvalue weighted by atomic mass is 10.2. The molecule has 0 unspecified atom stereocenters. The summed E-state index contributed by atoms with van der Waals surface area (Å²) in [6, 6.07) is 6.59. The first-order chi connectivity index (χ1) is 9.60. The fourth-order valence-electron chi connectivity index (χ4n) is 1.70. The minimum Gasteiger partial charge on any atom is -0.354 e. The van der Waals surface area contributed by atoms with E-state index in [4.69, 9.17) is 11.6 Å². The summed E-state index contributed by atoms with van der Waals surface area (Å²) >= 11 is 5.86. The third-order valence-electron chi connectivity index (χ3n) is 2.64. The molecule has 0 saturated carbocycles. The molecule has 0 fully saturated rings. The molecule has 1 heterocycles. The molecular formula is C13H15ClFN5. The number of anilines is 2. The zero-order valence-corrected chi connectivity index (χ0v) is 12.0. The first kappa shape index (κ1) is 14.5. The predicted molar refractivity (Wildman–Crippen MR) is 77.5 cm³/mol. The molecule has 0 aliphatic heterocycles. The van der Waals surface area contributed by atoms with Gasteiger partial charge in [-0.3, -0.25) is 0 Å². The lowest BCUT2D eigenvalue weighted by molar-refractivity contribution is 0.607. The predicted octanol–water partition coefficient (Wildman–Crippen LogP) is 2.73. The molecule has 5 nitrogen and oxygen atoms in total. The van der Waals surface area contributed by atoms with Gasteiger partial charge in [0.25, 0.3) is 0 Å². The Bertz CT molecular complexity index is 593. The highest BCUT2D eigenvalue weighted by atomic mass is 35.5. The van der Waals surface area contributed by atoms with E-state index < -0.39 is 0 Å². The molecule has 1 aromatic heterocycles. The average molecular weight is 296 g/mol. The highest BCUT2D eigenvalue weighted by Gasteiger charge is 2.11. The van der Waals surface area contributed by atoms with Gasteiger partial charge in [-0.25, -0.2) is 4.39 Å². The van der Waals surface area contributed by atoms with E-state index in [-0.39, 0.29) is 11.1 Å². The van der Waals surface area contributed by atoms with Crippen molar-refractivity contribution in [3.05, 3.63) is 40.9 Å². The van der Waals surface area contributed by atoms with Gasteiger partial charge < -0.3 is 10.2 Å². The fourth-order valence-corrected chi connectivity index (χ4v) is 1.86. The van der Waals surface area contributed by atoms with Gasteiger partial charge >= 0.3 is 0 Å². The van der Waals surface area contributed by atoms with Crippen LogP contribution in [0.1, 0.15) is 12.5 Å². The number of nitrogens with zero attached hydrogens (tertiary/aromatic N) is 4. The minimum absolute atomic E-state index is 0.103. The van der Waals surface area contributed by atoms with Crippen LogP contribution in [0.2, 0.25) is 5.28 Å². The van der Waals surface area contributed by atoms with Crippen molar-refractivity contribution >= 4 is 23.5 Å². The second-order valence-electron chi connectivity index (χ2n) is 4.21. The highest BCUT2D eigenvalue weighted by molar-refractivity contribution is 6.28. The molecule has 0 atom stereocenters. The van der Waals surface area contributed by atoms with Crippen LogP contribution in [-0.2, 0) is 6.54 Å². The van der Waals surface area contributed by atoms with Crippen LogP contribution < -0.4 is 10.2 Å². The molecule has 1 aromatic carbocycles. The molecule has 0 spiro atoms. The van der Waals surface area contributed by atoms with Gasteiger partial charge in [-0.1, -0.05) is 18.2 Å². The van der Waals surface area contributed by atoms with Crippen molar-refractivity contribution in [3.63, 3.8) is 0 Å². The van der Waals surface area contributed by atoms with E-state index in [2.05, 4.69) is 20.3 Å². The third-order valence-corrected chi connectivity index (χ3v) is 2.81. The van der Waals surface area contributed by atoms with Crippen LogP contribution in [0.15, 0.2) is 24.3 Å². The SMILES string of the molecule is CCNc1nc(Cl)nc(N(C)Cc2ccccc2F)n1. The maximum atomic E-state index is 13.6. The van der Waals surface area contributed by atoms with Crippen LogP contribution in [0.4, 0.5) is 16.3 Å². The standard InChI is InChI=1S/C13H15ClFN5/c1-3-16-12-17-11(14)18-13(19-12)20(2)8-9-6-4-5-7-10(9)15/h4-7H,3,8H2,1-2H3,(H,16,17,18,19). The van der Waals surface area contributed by atoms with Crippen molar-refractivity contribution in [2.45, 2.75) is 13.5 Å². The van der Waals surface area contributed by atoms with E-state index >= 15 is 0 Å². The Hall–Kier alpha value is -1.95. The smallest absolute Gasteiger partial charge is 0.231 e. The summed E-state index contributed by atoms with van der Waals surface area (Å²) in [6.45, 7) is 2.95.